The average molecular weight is 304 g/mol. The second-order valence-electron chi connectivity index (χ2n) is 5.13. The Morgan fingerprint density at radius 3 is 2.59 bits per heavy atom. The third kappa shape index (κ3) is 3.06. The van der Waals surface area contributed by atoms with Gasteiger partial charge >= 0.3 is 5.97 Å². The number of nitrogens with zero attached hydrogens (tertiary/aromatic N) is 4. The molecule has 1 unspecified atom stereocenters. The number of carbonyl (C=O) groups excluding carboxylic acids is 1. The van der Waals surface area contributed by atoms with Crippen molar-refractivity contribution in [3.63, 3.8) is 0 Å². The standard InChI is InChI=1S/C14H16N4O4/c19-13(17-5-6-22-9-10(17)7-14(20)21)8-18-15-11-3-1-2-4-12(11)16-18/h1-4,10H,5-9H2,(H,20,21). The number of benzene rings is 1. The van der Waals surface area contributed by atoms with Gasteiger partial charge in [0.15, 0.2) is 0 Å². The molecular formula is C14H16N4O4. The Kier molecular flexibility index (Phi) is 4.01. The lowest BCUT2D eigenvalue weighted by atomic mass is 10.1. The number of carbonyl (C=O) groups is 2. The fraction of sp³-hybridized carbons (Fsp3) is 0.429. The number of amides is 1. The Morgan fingerprint density at radius 2 is 1.95 bits per heavy atom. The summed E-state index contributed by atoms with van der Waals surface area (Å²) in [5, 5.41) is 17.4. The van der Waals surface area contributed by atoms with Gasteiger partial charge in [-0.25, -0.2) is 0 Å². The molecule has 116 valence electrons. The van der Waals surface area contributed by atoms with Crippen LogP contribution in [0.3, 0.4) is 0 Å². The number of ether oxygens (including phenoxy) is 1. The third-order valence-corrected chi connectivity index (χ3v) is 3.56. The van der Waals surface area contributed by atoms with E-state index in [-0.39, 0.29) is 25.5 Å². The molecule has 8 heteroatoms. The molecule has 0 saturated carbocycles. The van der Waals surface area contributed by atoms with Gasteiger partial charge in [0.05, 0.1) is 25.7 Å². The number of carboxylic acid groups (broad SMARTS) is 1. The molecule has 2 aromatic rings. The number of rotatable bonds is 4. The molecule has 1 aromatic carbocycles. The Bertz CT molecular complexity index is 666. The maximum absolute atomic E-state index is 12.4. The second kappa shape index (κ2) is 6.10. The Morgan fingerprint density at radius 1 is 1.27 bits per heavy atom. The van der Waals surface area contributed by atoms with Gasteiger partial charge in [0.1, 0.15) is 17.6 Å². The Hall–Kier alpha value is -2.48. The van der Waals surface area contributed by atoms with E-state index in [2.05, 4.69) is 10.2 Å². The van der Waals surface area contributed by atoms with E-state index in [1.807, 2.05) is 24.3 Å². The molecule has 8 nitrogen and oxygen atoms in total. The van der Waals surface area contributed by atoms with Crippen LogP contribution in [0.1, 0.15) is 6.42 Å². The van der Waals surface area contributed by atoms with Crippen LogP contribution in [0.4, 0.5) is 0 Å². The second-order valence-corrected chi connectivity index (χ2v) is 5.13. The molecule has 1 aliphatic heterocycles. The first kappa shape index (κ1) is 14.5. The van der Waals surface area contributed by atoms with Gasteiger partial charge in [0.25, 0.3) is 0 Å². The summed E-state index contributed by atoms with van der Waals surface area (Å²) in [6, 6.07) is 6.92. The monoisotopic (exact) mass is 304 g/mol. The Labute approximate surface area is 126 Å². The van der Waals surface area contributed by atoms with Crippen molar-refractivity contribution in [3.8, 4) is 0 Å². The van der Waals surface area contributed by atoms with Gasteiger partial charge in [0.2, 0.25) is 5.91 Å². The molecule has 0 aliphatic carbocycles. The molecule has 1 amide bonds. The van der Waals surface area contributed by atoms with E-state index in [0.29, 0.717) is 13.2 Å². The highest BCUT2D eigenvalue weighted by Gasteiger charge is 2.29. The van der Waals surface area contributed by atoms with Crippen LogP contribution in [0.2, 0.25) is 0 Å². The first-order valence-corrected chi connectivity index (χ1v) is 7.02. The zero-order valence-electron chi connectivity index (χ0n) is 11.9. The van der Waals surface area contributed by atoms with Crippen LogP contribution in [0, 0.1) is 0 Å². The smallest absolute Gasteiger partial charge is 0.305 e. The highest BCUT2D eigenvalue weighted by Crippen LogP contribution is 2.12. The molecule has 3 rings (SSSR count). The molecule has 22 heavy (non-hydrogen) atoms. The molecule has 1 aromatic heterocycles. The number of aliphatic carboxylic acids is 1. The lowest BCUT2D eigenvalue weighted by molar-refractivity contribution is -0.146. The van der Waals surface area contributed by atoms with Crippen molar-refractivity contribution >= 4 is 22.9 Å². The van der Waals surface area contributed by atoms with Crippen molar-refractivity contribution < 1.29 is 19.4 Å². The van der Waals surface area contributed by atoms with E-state index in [9.17, 15) is 9.59 Å². The molecule has 1 aliphatic rings. The summed E-state index contributed by atoms with van der Waals surface area (Å²) < 4.78 is 5.27. The number of hydrogen-bond acceptors (Lipinski definition) is 5. The predicted molar refractivity (Wildman–Crippen MR) is 76.1 cm³/mol. The van der Waals surface area contributed by atoms with Gasteiger partial charge in [-0.1, -0.05) is 12.1 Å². The van der Waals surface area contributed by atoms with E-state index in [4.69, 9.17) is 9.84 Å². The van der Waals surface area contributed by atoms with Crippen LogP contribution < -0.4 is 0 Å². The fourth-order valence-corrected chi connectivity index (χ4v) is 2.54. The minimum atomic E-state index is -0.948. The summed E-state index contributed by atoms with van der Waals surface area (Å²) in [5.74, 6) is -1.15. The Balaban J connectivity index is 1.72. The van der Waals surface area contributed by atoms with Crippen molar-refractivity contribution in [1.82, 2.24) is 19.9 Å². The maximum atomic E-state index is 12.4. The highest BCUT2D eigenvalue weighted by atomic mass is 16.5. The molecule has 2 heterocycles. The van der Waals surface area contributed by atoms with Crippen molar-refractivity contribution in [3.05, 3.63) is 24.3 Å². The molecular weight excluding hydrogens is 288 g/mol. The summed E-state index contributed by atoms with van der Waals surface area (Å²) in [5.41, 5.74) is 1.44. The molecule has 1 saturated heterocycles. The quantitative estimate of drug-likeness (QED) is 0.862. The summed E-state index contributed by atoms with van der Waals surface area (Å²) >= 11 is 0. The van der Waals surface area contributed by atoms with Crippen LogP contribution in [0.5, 0.6) is 0 Å². The van der Waals surface area contributed by atoms with Crippen molar-refractivity contribution in [2.24, 2.45) is 0 Å². The molecule has 0 bridgehead atoms. The van der Waals surface area contributed by atoms with Crippen LogP contribution in [0.25, 0.3) is 11.0 Å². The zero-order valence-corrected chi connectivity index (χ0v) is 11.9. The van der Waals surface area contributed by atoms with Crippen LogP contribution in [0.15, 0.2) is 24.3 Å². The maximum Gasteiger partial charge on any atom is 0.305 e. The van der Waals surface area contributed by atoms with Gasteiger partial charge < -0.3 is 14.7 Å². The fourth-order valence-electron chi connectivity index (χ4n) is 2.54. The lowest BCUT2D eigenvalue weighted by Crippen LogP contribution is -2.50. The van der Waals surface area contributed by atoms with Gasteiger partial charge in [0, 0.05) is 6.54 Å². The lowest BCUT2D eigenvalue weighted by Gasteiger charge is -2.34. The minimum absolute atomic E-state index is 0.00913. The zero-order chi connectivity index (χ0) is 15.5. The molecule has 0 spiro atoms. The summed E-state index contributed by atoms with van der Waals surface area (Å²) in [6.45, 7) is 1.03. The van der Waals surface area contributed by atoms with Gasteiger partial charge in [-0.3, -0.25) is 9.59 Å². The number of aromatic nitrogens is 3. The molecule has 1 fully saturated rings. The molecule has 1 N–H and O–H groups in total. The largest absolute Gasteiger partial charge is 0.481 e. The van der Waals surface area contributed by atoms with Gasteiger partial charge in [-0.05, 0) is 12.1 Å². The first-order valence-electron chi connectivity index (χ1n) is 7.02. The van der Waals surface area contributed by atoms with Gasteiger partial charge in [-0.15, -0.1) is 0 Å². The normalized spacial score (nSPS) is 18.5. The SMILES string of the molecule is O=C(O)CC1COCCN1C(=O)Cn1nc2ccccc2n1. The summed E-state index contributed by atoms with van der Waals surface area (Å²) in [7, 11) is 0. The first-order chi connectivity index (χ1) is 10.6. The summed E-state index contributed by atoms with van der Waals surface area (Å²) in [4.78, 5) is 26.2. The van der Waals surface area contributed by atoms with Crippen LogP contribution >= 0.6 is 0 Å². The van der Waals surface area contributed by atoms with E-state index >= 15 is 0 Å². The van der Waals surface area contributed by atoms with E-state index in [1.165, 1.54) is 4.80 Å². The van der Waals surface area contributed by atoms with E-state index in [0.717, 1.165) is 11.0 Å². The van der Waals surface area contributed by atoms with Crippen LogP contribution in [-0.4, -0.2) is 62.7 Å². The van der Waals surface area contributed by atoms with Crippen molar-refractivity contribution in [2.75, 3.05) is 19.8 Å². The molecule has 0 radical (unpaired) electrons. The van der Waals surface area contributed by atoms with Crippen LogP contribution in [-0.2, 0) is 20.9 Å². The summed E-state index contributed by atoms with van der Waals surface area (Å²) in [6.07, 6.45) is -0.125. The topological polar surface area (TPSA) is 97.6 Å². The van der Waals surface area contributed by atoms with Crippen molar-refractivity contribution in [2.45, 2.75) is 19.0 Å². The predicted octanol–water partition coefficient (Wildman–Crippen LogP) is 0.133. The van der Waals surface area contributed by atoms with E-state index < -0.39 is 12.0 Å². The number of carboxylic acids is 1. The number of hydrogen-bond donors (Lipinski definition) is 1. The van der Waals surface area contributed by atoms with Gasteiger partial charge in [-0.2, -0.15) is 15.0 Å². The highest BCUT2D eigenvalue weighted by molar-refractivity contribution is 5.78. The minimum Gasteiger partial charge on any atom is -0.481 e. The van der Waals surface area contributed by atoms with Crippen molar-refractivity contribution in [1.29, 1.82) is 0 Å². The number of morpholine rings is 1. The average Bonchev–Trinajstić information content (AvgIpc) is 2.89. The molecule has 1 atom stereocenters. The van der Waals surface area contributed by atoms with E-state index in [1.54, 1.807) is 4.90 Å². The third-order valence-electron chi connectivity index (χ3n) is 3.56. The number of fused-ring (bicyclic) bond motifs is 1.